The summed E-state index contributed by atoms with van der Waals surface area (Å²) >= 11 is 0. The third-order valence-corrected chi connectivity index (χ3v) is 5.62. The van der Waals surface area contributed by atoms with Crippen LogP contribution in [-0.2, 0) is 6.54 Å². The highest BCUT2D eigenvalue weighted by Gasteiger charge is 2.28. The summed E-state index contributed by atoms with van der Waals surface area (Å²) in [5.41, 5.74) is 0.892. The highest BCUT2D eigenvalue weighted by atomic mass is 16.2. The van der Waals surface area contributed by atoms with E-state index in [0.717, 1.165) is 45.0 Å². The number of hydrogen-bond donors (Lipinski definition) is 1. The first kappa shape index (κ1) is 18.1. The molecule has 2 aliphatic heterocycles. The molecular weight excluding hydrogens is 314 g/mol. The molecule has 2 aliphatic rings. The van der Waals surface area contributed by atoms with Crippen LogP contribution in [0.15, 0.2) is 24.4 Å². The molecule has 6 nitrogen and oxygen atoms in total. The normalized spacial score (nSPS) is 25.3. The smallest absolute Gasteiger partial charge is 0.317 e. The number of rotatable bonds is 5. The first-order chi connectivity index (χ1) is 12.1. The van der Waals surface area contributed by atoms with Crippen LogP contribution in [-0.4, -0.2) is 77.1 Å². The van der Waals surface area contributed by atoms with E-state index in [9.17, 15) is 4.79 Å². The van der Waals surface area contributed by atoms with Crippen molar-refractivity contribution >= 4 is 6.03 Å². The number of aromatic nitrogens is 1. The number of amides is 2. The van der Waals surface area contributed by atoms with Gasteiger partial charge in [0.15, 0.2) is 0 Å². The number of carbonyl (C=O) groups is 1. The van der Waals surface area contributed by atoms with Gasteiger partial charge in [-0.15, -0.1) is 0 Å². The van der Waals surface area contributed by atoms with E-state index in [1.165, 1.54) is 12.8 Å². The maximum atomic E-state index is 12.3. The molecule has 0 aliphatic carbocycles. The van der Waals surface area contributed by atoms with Crippen molar-refractivity contribution in [2.45, 2.75) is 45.3 Å². The average Bonchev–Trinajstić information content (AvgIpc) is 2.97. The van der Waals surface area contributed by atoms with Gasteiger partial charge in [-0.2, -0.15) is 0 Å². The van der Waals surface area contributed by atoms with Crippen LogP contribution in [0.5, 0.6) is 0 Å². The molecule has 2 fully saturated rings. The van der Waals surface area contributed by atoms with E-state index in [4.69, 9.17) is 0 Å². The Hall–Kier alpha value is -1.66. The third kappa shape index (κ3) is 4.92. The summed E-state index contributed by atoms with van der Waals surface area (Å²) in [6, 6.07) is 7.21. The van der Waals surface area contributed by atoms with Crippen molar-refractivity contribution < 1.29 is 4.79 Å². The minimum atomic E-state index is 0.0205. The molecule has 0 aromatic carbocycles. The van der Waals surface area contributed by atoms with Gasteiger partial charge in [-0.1, -0.05) is 6.07 Å². The van der Waals surface area contributed by atoms with Crippen molar-refractivity contribution in [3.05, 3.63) is 30.1 Å². The van der Waals surface area contributed by atoms with Crippen molar-refractivity contribution in [2.24, 2.45) is 0 Å². The summed E-state index contributed by atoms with van der Waals surface area (Å²) < 4.78 is 0. The molecule has 0 spiro atoms. The van der Waals surface area contributed by atoms with Gasteiger partial charge < -0.3 is 10.2 Å². The molecule has 0 bridgehead atoms. The van der Waals surface area contributed by atoms with Crippen LogP contribution in [0.2, 0.25) is 0 Å². The van der Waals surface area contributed by atoms with E-state index in [2.05, 4.69) is 33.9 Å². The lowest BCUT2D eigenvalue weighted by Crippen LogP contribution is -2.53. The molecule has 2 saturated heterocycles. The Morgan fingerprint density at radius 2 is 1.84 bits per heavy atom. The van der Waals surface area contributed by atoms with Gasteiger partial charge in [0, 0.05) is 57.5 Å². The van der Waals surface area contributed by atoms with Crippen molar-refractivity contribution in [2.75, 3.05) is 39.3 Å². The Kier molecular flexibility index (Phi) is 6.26. The SMILES string of the molecule is C[C@@H]1CC[C@H](C)N1CCN1CCN(C(=O)NCc2ccccn2)CC1. The molecule has 0 saturated carbocycles. The molecule has 2 amide bonds. The summed E-state index contributed by atoms with van der Waals surface area (Å²) in [5, 5.41) is 2.97. The second kappa shape index (κ2) is 8.63. The molecule has 1 aromatic rings. The summed E-state index contributed by atoms with van der Waals surface area (Å²) in [5.74, 6) is 0. The maximum absolute atomic E-state index is 12.3. The lowest BCUT2D eigenvalue weighted by atomic mass is 10.2. The van der Waals surface area contributed by atoms with Crippen molar-refractivity contribution in [1.29, 1.82) is 0 Å². The zero-order valence-corrected chi connectivity index (χ0v) is 15.5. The number of likely N-dealkylation sites (tertiary alicyclic amines) is 1. The summed E-state index contributed by atoms with van der Waals surface area (Å²) in [6.07, 6.45) is 4.40. The molecule has 0 radical (unpaired) electrons. The minimum absolute atomic E-state index is 0.0205. The van der Waals surface area contributed by atoms with Gasteiger partial charge >= 0.3 is 6.03 Å². The molecule has 6 heteroatoms. The molecule has 0 unspecified atom stereocenters. The van der Waals surface area contributed by atoms with E-state index < -0.39 is 0 Å². The molecule has 25 heavy (non-hydrogen) atoms. The zero-order valence-electron chi connectivity index (χ0n) is 15.5. The van der Waals surface area contributed by atoms with Crippen LogP contribution >= 0.6 is 0 Å². The number of urea groups is 1. The Labute approximate surface area is 151 Å². The lowest BCUT2D eigenvalue weighted by molar-refractivity contribution is 0.118. The fourth-order valence-corrected chi connectivity index (χ4v) is 3.90. The van der Waals surface area contributed by atoms with E-state index >= 15 is 0 Å². The van der Waals surface area contributed by atoms with E-state index in [0.29, 0.717) is 18.6 Å². The van der Waals surface area contributed by atoms with Crippen molar-refractivity contribution in [3.8, 4) is 0 Å². The summed E-state index contributed by atoms with van der Waals surface area (Å²) in [7, 11) is 0. The molecule has 2 atom stereocenters. The van der Waals surface area contributed by atoms with Crippen LogP contribution in [0.4, 0.5) is 4.79 Å². The van der Waals surface area contributed by atoms with Gasteiger partial charge in [0.2, 0.25) is 0 Å². The van der Waals surface area contributed by atoms with Gasteiger partial charge in [0.1, 0.15) is 0 Å². The zero-order chi connectivity index (χ0) is 17.6. The van der Waals surface area contributed by atoms with Gasteiger partial charge in [-0.05, 0) is 38.8 Å². The number of pyridine rings is 1. The molecular formula is C19H31N5O. The number of hydrogen-bond acceptors (Lipinski definition) is 4. The second-order valence-corrected chi connectivity index (χ2v) is 7.32. The van der Waals surface area contributed by atoms with Gasteiger partial charge in [0.25, 0.3) is 0 Å². The number of nitrogens with one attached hydrogen (secondary N) is 1. The molecule has 138 valence electrons. The molecule has 1 aromatic heterocycles. The van der Waals surface area contributed by atoms with Crippen LogP contribution in [0.1, 0.15) is 32.4 Å². The summed E-state index contributed by atoms with van der Waals surface area (Å²) in [6.45, 7) is 11.0. The first-order valence-electron chi connectivity index (χ1n) is 9.54. The third-order valence-electron chi connectivity index (χ3n) is 5.62. The van der Waals surface area contributed by atoms with Gasteiger partial charge in [-0.25, -0.2) is 4.79 Å². The Morgan fingerprint density at radius 1 is 1.12 bits per heavy atom. The van der Waals surface area contributed by atoms with E-state index in [1.54, 1.807) is 6.20 Å². The van der Waals surface area contributed by atoms with Gasteiger partial charge in [-0.3, -0.25) is 14.8 Å². The topological polar surface area (TPSA) is 51.7 Å². The summed E-state index contributed by atoms with van der Waals surface area (Å²) in [4.78, 5) is 23.6. The molecule has 3 heterocycles. The highest BCUT2D eigenvalue weighted by Crippen LogP contribution is 2.22. The van der Waals surface area contributed by atoms with Crippen LogP contribution in [0.3, 0.4) is 0 Å². The second-order valence-electron chi connectivity index (χ2n) is 7.32. The minimum Gasteiger partial charge on any atom is -0.332 e. The molecule has 3 rings (SSSR count). The maximum Gasteiger partial charge on any atom is 0.317 e. The van der Waals surface area contributed by atoms with Gasteiger partial charge in [0.05, 0.1) is 12.2 Å². The largest absolute Gasteiger partial charge is 0.332 e. The fourth-order valence-electron chi connectivity index (χ4n) is 3.90. The standard InChI is InChI=1S/C19H31N5O/c1-16-6-7-17(2)24(16)14-11-22-9-12-23(13-10-22)19(25)21-15-18-5-3-4-8-20-18/h3-5,8,16-17H,6-7,9-15H2,1-2H3,(H,21,25)/t16-,17+. The Bertz CT molecular complexity index is 534. The lowest BCUT2D eigenvalue weighted by Gasteiger charge is -2.36. The first-order valence-corrected chi connectivity index (χ1v) is 9.54. The van der Waals surface area contributed by atoms with Crippen LogP contribution in [0, 0.1) is 0 Å². The number of nitrogens with zero attached hydrogens (tertiary/aromatic N) is 4. The number of piperazine rings is 1. The average molecular weight is 345 g/mol. The Morgan fingerprint density at radius 3 is 2.48 bits per heavy atom. The molecule has 1 N–H and O–H groups in total. The number of carbonyl (C=O) groups excluding carboxylic acids is 1. The predicted molar refractivity (Wildman–Crippen MR) is 99.3 cm³/mol. The van der Waals surface area contributed by atoms with E-state index in [1.807, 2.05) is 23.1 Å². The quantitative estimate of drug-likeness (QED) is 0.884. The highest BCUT2D eigenvalue weighted by molar-refractivity contribution is 5.74. The monoisotopic (exact) mass is 345 g/mol. The fraction of sp³-hybridized carbons (Fsp3) is 0.684. The van der Waals surface area contributed by atoms with E-state index in [-0.39, 0.29) is 6.03 Å². The van der Waals surface area contributed by atoms with Crippen molar-refractivity contribution in [1.82, 2.24) is 25.0 Å². The van der Waals surface area contributed by atoms with Crippen LogP contribution < -0.4 is 5.32 Å². The predicted octanol–water partition coefficient (Wildman–Crippen LogP) is 1.78. The Balaban J connectivity index is 1.36. The van der Waals surface area contributed by atoms with Crippen molar-refractivity contribution in [3.63, 3.8) is 0 Å². The van der Waals surface area contributed by atoms with Crippen LogP contribution in [0.25, 0.3) is 0 Å².